The van der Waals surface area contributed by atoms with Crippen LogP contribution in [0.5, 0.6) is 0 Å². The number of carboxylic acids is 1. The molecule has 3 unspecified atom stereocenters. The molecule has 104 valence electrons. The van der Waals surface area contributed by atoms with Crippen molar-refractivity contribution in [2.24, 2.45) is 5.92 Å². The second-order valence-corrected chi connectivity index (χ2v) is 5.29. The van der Waals surface area contributed by atoms with Crippen molar-refractivity contribution in [3.63, 3.8) is 0 Å². The molecule has 1 aliphatic carbocycles. The molecule has 2 amide bonds. The fraction of sp³-hybridized carbons (Fsp3) is 0.714. The first-order valence-electron chi connectivity index (χ1n) is 6.87. The highest BCUT2D eigenvalue weighted by Crippen LogP contribution is 2.39. The molecule has 1 saturated heterocycles. The number of likely N-dealkylation sites (tertiary alicyclic amines) is 1. The maximum atomic E-state index is 12.2. The normalized spacial score (nSPS) is 29.4. The van der Waals surface area contributed by atoms with Gasteiger partial charge in [-0.15, -0.1) is 12.3 Å². The van der Waals surface area contributed by atoms with Gasteiger partial charge in [0.2, 0.25) is 0 Å². The average molecular weight is 264 g/mol. The predicted octanol–water partition coefficient (Wildman–Crippen LogP) is 1.44. The van der Waals surface area contributed by atoms with Gasteiger partial charge in [0, 0.05) is 19.0 Å². The van der Waals surface area contributed by atoms with Crippen LogP contribution in [0.15, 0.2) is 0 Å². The molecule has 19 heavy (non-hydrogen) atoms. The lowest BCUT2D eigenvalue weighted by molar-refractivity contribution is -0.141. The maximum absolute atomic E-state index is 12.2. The molecule has 1 aliphatic heterocycles. The Bertz CT molecular complexity index is 402. The molecule has 0 radical (unpaired) electrons. The fourth-order valence-electron chi connectivity index (χ4n) is 3.31. The van der Waals surface area contributed by atoms with E-state index < -0.39 is 12.0 Å². The summed E-state index contributed by atoms with van der Waals surface area (Å²) in [6, 6.07) is -0.878. The molecule has 5 heteroatoms. The molecule has 2 N–H and O–H groups in total. The minimum Gasteiger partial charge on any atom is -0.480 e. The van der Waals surface area contributed by atoms with Crippen molar-refractivity contribution in [2.75, 3.05) is 6.54 Å². The summed E-state index contributed by atoms with van der Waals surface area (Å²) in [6.45, 7) is 0.398. The van der Waals surface area contributed by atoms with E-state index >= 15 is 0 Å². The fourth-order valence-corrected chi connectivity index (χ4v) is 3.31. The van der Waals surface area contributed by atoms with Crippen LogP contribution < -0.4 is 5.32 Å². The number of aliphatic carboxylic acids is 1. The van der Waals surface area contributed by atoms with Gasteiger partial charge in [0.1, 0.15) is 6.04 Å². The number of nitrogens with one attached hydrogen (secondary N) is 1. The van der Waals surface area contributed by atoms with Gasteiger partial charge in [-0.1, -0.05) is 12.8 Å². The summed E-state index contributed by atoms with van der Waals surface area (Å²) in [6.07, 6.45) is 10.3. The van der Waals surface area contributed by atoms with Crippen molar-refractivity contribution < 1.29 is 14.7 Å². The van der Waals surface area contributed by atoms with Crippen LogP contribution in [0.3, 0.4) is 0 Å². The number of carboxylic acid groups (broad SMARTS) is 1. The predicted molar refractivity (Wildman–Crippen MR) is 70.5 cm³/mol. The smallest absolute Gasteiger partial charge is 0.326 e. The zero-order valence-electron chi connectivity index (χ0n) is 11.0. The molecule has 2 fully saturated rings. The van der Waals surface area contributed by atoms with Crippen molar-refractivity contribution in [1.82, 2.24) is 10.2 Å². The Balaban J connectivity index is 2.07. The van der Waals surface area contributed by atoms with Crippen LogP contribution in [-0.4, -0.2) is 40.6 Å². The molecule has 0 aromatic heterocycles. The Kier molecular flexibility index (Phi) is 4.31. The van der Waals surface area contributed by atoms with E-state index in [4.69, 9.17) is 6.42 Å². The van der Waals surface area contributed by atoms with Crippen molar-refractivity contribution in [1.29, 1.82) is 0 Å². The second kappa shape index (κ2) is 5.96. The van der Waals surface area contributed by atoms with E-state index in [2.05, 4.69) is 11.2 Å². The Morgan fingerprint density at radius 1 is 1.37 bits per heavy atom. The molecule has 0 spiro atoms. The van der Waals surface area contributed by atoms with Crippen LogP contribution in [0.25, 0.3) is 0 Å². The van der Waals surface area contributed by atoms with E-state index in [9.17, 15) is 14.7 Å². The first-order chi connectivity index (χ1) is 9.15. The summed E-state index contributed by atoms with van der Waals surface area (Å²) in [5, 5.41) is 12.0. The number of terminal acetylenes is 1. The number of carbonyl (C=O) groups is 2. The van der Waals surface area contributed by atoms with Crippen molar-refractivity contribution in [3.05, 3.63) is 0 Å². The third-order valence-electron chi connectivity index (χ3n) is 4.15. The number of rotatable bonds is 3. The molecule has 0 bridgehead atoms. The standard InChI is InChI=1S/C14H20N2O3/c1-2-3-8-15-14(19)16-11-7-5-4-6-10(11)9-12(16)13(17)18/h1,10-12H,3-9H2,(H,15,19)(H,17,18). The van der Waals surface area contributed by atoms with Gasteiger partial charge >= 0.3 is 12.0 Å². The van der Waals surface area contributed by atoms with Crippen LogP contribution >= 0.6 is 0 Å². The molecule has 1 saturated carbocycles. The quantitative estimate of drug-likeness (QED) is 0.598. The molecule has 0 aromatic rings. The minimum atomic E-state index is -0.901. The molecular weight excluding hydrogens is 244 g/mol. The monoisotopic (exact) mass is 264 g/mol. The van der Waals surface area contributed by atoms with E-state index in [-0.39, 0.29) is 12.1 Å². The molecule has 0 aromatic carbocycles. The van der Waals surface area contributed by atoms with Crippen molar-refractivity contribution >= 4 is 12.0 Å². The first-order valence-corrected chi connectivity index (χ1v) is 6.87. The minimum absolute atomic E-state index is 0.0840. The number of nitrogens with zero attached hydrogens (tertiary/aromatic N) is 1. The summed E-state index contributed by atoms with van der Waals surface area (Å²) in [5.74, 6) is 1.89. The molecule has 2 aliphatic rings. The zero-order chi connectivity index (χ0) is 13.8. The SMILES string of the molecule is C#CCCNC(=O)N1C(C(=O)O)CC2CCCCC21. The highest BCUT2D eigenvalue weighted by molar-refractivity contribution is 5.83. The molecular formula is C14H20N2O3. The number of carbonyl (C=O) groups excluding carboxylic acids is 1. The van der Waals surface area contributed by atoms with E-state index in [1.54, 1.807) is 4.90 Å². The number of urea groups is 1. The Labute approximate surface area is 113 Å². The van der Waals surface area contributed by atoms with Crippen molar-refractivity contribution in [2.45, 2.75) is 50.6 Å². The lowest BCUT2D eigenvalue weighted by Gasteiger charge is -2.32. The van der Waals surface area contributed by atoms with Crippen LogP contribution in [0.1, 0.15) is 38.5 Å². The third-order valence-corrected chi connectivity index (χ3v) is 4.15. The largest absolute Gasteiger partial charge is 0.480 e. The number of hydrogen-bond acceptors (Lipinski definition) is 2. The van der Waals surface area contributed by atoms with Crippen LogP contribution in [0, 0.1) is 18.3 Å². The van der Waals surface area contributed by atoms with Crippen LogP contribution in [0.2, 0.25) is 0 Å². The lowest BCUT2D eigenvalue weighted by Crippen LogP contribution is -2.50. The lowest BCUT2D eigenvalue weighted by atomic mass is 9.85. The van der Waals surface area contributed by atoms with E-state index in [1.807, 2.05) is 0 Å². The van der Waals surface area contributed by atoms with E-state index in [0.717, 1.165) is 25.7 Å². The third kappa shape index (κ3) is 2.83. The van der Waals surface area contributed by atoms with Gasteiger partial charge in [0.25, 0.3) is 0 Å². The average Bonchev–Trinajstić information content (AvgIpc) is 2.78. The summed E-state index contributed by atoms with van der Waals surface area (Å²) in [5.41, 5.74) is 0. The summed E-state index contributed by atoms with van der Waals surface area (Å²) in [7, 11) is 0. The highest BCUT2D eigenvalue weighted by Gasteiger charge is 2.47. The Hall–Kier alpha value is -1.70. The van der Waals surface area contributed by atoms with Gasteiger partial charge in [-0.25, -0.2) is 9.59 Å². The summed E-state index contributed by atoms with van der Waals surface area (Å²) >= 11 is 0. The van der Waals surface area contributed by atoms with Crippen LogP contribution in [-0.2, 0) is 4.79 Å². The van der Waals surface area contributed by atoms with Gasteiger partial charge in [0.05, 0.1) is 0 Å². The second-order valence-electron chi connectivity index (χ2n) is 5.29. The first kappa shape index (κ1) is 13.7. The van der Waals surface area contributed by atoms with Gasteiger partial charge in [-0.05, 0) is 25.2 Å². The topological polar surface area (TPSA) is 69.6 Å². The molecule has 3 atom stereocenters. The zero-order valence-corrected chi connectivity index (χ0v) is 11.0. The number of amides is 2. The summed E-state index contributed by atoms with van der Waals surface area (Å²) in [4.78, 5) is 25.1. The van der Waals surface area contributed by atoms with E-state index in [0.29, 0.717) is 25.3 Å². The number of fused-ring (bicyclic) bond motifs is 1. The molecule has 5 nitrogen and oxygen atoms in total. The Morgan fingerprint density at radius 3 is 2.79 bits per heavy atom. The maximum Gasteiger partial charge on any atom is 0.326 e. The van der Waals surface area contributed by atoms with Gasteiger partial charge < -0.3 is 15.3 Å². The van der Waals surface area contributed by atoms with E-state index in [1.165, 1.54) is 0 Å². The number of hydrogen-bond donors (Lipinski definition) is 2. The molecule has 1 heterocycles. The Morgan fingerprint density at radius 2 is 2.11 bits per heavy atom. The summed E-state index contributed by atoms with van der Waals surface area (Å²) < 4.78 is 0. The van der Waals surface area contributed by atoms with Crippen molar-refractivity contribution in [3.8, 4) is 12.3 Å². The van der Waals surface area contributed by atoms with Gasteiger partial charge in [-0.3, -0.25) is 0 Å². The van der Waals surface area contributed by atoms with Crippen LogP contribution in [0.4, 0.5) is 4.79 Å². The highest BCUT2D eigenvalue weighted by atomic mass is 16.4. The molecule has 2 rings (SSSR count). The van der Waals surface area contributed by atoms with Gasteiger partial charge in [0.15, 0.2) is 0 Å². The van der Waals surface area contributed by atoms with Gasteiger partial charge in [-0.2, -0.15) is 0 Å².